The van der Waals surface area contributed by atoms with Gasteiger partial charge in [-0.25, -0.2) is 15.0 Å². The number of carbonyl (C=O) groups excluding carboxylic acids is 1. The van der Waals surface area contributed by atoms with Gasteiger partial charge in [-0.2, -0.15) is 0 Å². The minimum absolute atomic E-state index is 0.166. The van der Waals surface area contributed by atoms with Gasteiger partial charge in [-0.3, -0.25) is 4.79 Å². The summed E-state index contributed by atoms with van der Waals surface area (Å²) < 4.78 is 0. The van der Waals surface area contributed by atoms with Gasteiger partial charge in [0.2, 0.25) is 0 Å². The number of hydrogen-bond donors (Lipinski definition) is 1. The Morgan fingerprint density at radius 1 is 1.19 bits per heavy atom. The zero-order valence-electron chi connectivity index (χ0n) is 15.8. The van der Waals surface area contributed by atoms with Gasteiger partial charge in [-0.05, 0) is 26.0 Å². The lowest BCUT2D eigenvalue weighted by molar-refractivity contribution is 0.102. The van der Waals surface area contributed by atoms with Gasteiger partial charge in [0, 0.05) is 33.7 Å². The summed E-state index contributed by atoms with van der Waals surface area (Å²) >= 11 is 3.25. The summed E-state index contributed by atoms with van der Waals surface area (Å²) in [4.78, 5) is 27.1. The van der Waals surface area contributed by atoms with Crippen molar-refractivity contribution in [3.63, 3.8) is 0 Å². The molecule has 0 aliphatic heterocycles. The highest BCUT2D eigenvalue weighted by molar-refractivity contribution is 7.98. The van der Waals surface area contributed by atoms with Crippen LogP contribution in [-0.2, 0) is 5.75 Å². The molecule has 7 heteroatoms. The van der Waals surface area contributed by atoms with Gasteiger partial charge in [0.25, 0.3) is 5.91 Å². The number of aromatic nitrogens is 3. The maximum absolute atomic E-state index is 12.8. The summed E-state index contributed by atoms with van der Waals surface area (Å²) in [7, 11) is 0. The Labute approximate surface area is 167 Å². The molecule has 140 valence electrons. The van der Waals surface area contributed by atoms with Crippen LogP contribution in [0, 0.1) is 13.8 Å². The Balaban J connectivity index is 1.77. The molecule has 0 saturated heterocycles. The Morgan fingerprint density at radius 2 is 1.96 bits per heavy atom. The third kappa shape index (κ3) is 5.14. The summed E-state index contributed by atoms with van der Waals surface area (Å²) in [6, 6.07) is 9.40. The predicted molar refractivity (Wildman–Crippen MR) is 112 cm³/mol. The lowest BCUT2D eigenvalue weighted by atomic mass is 10.2. The topological polar surface area (TPSA) is 67.8 Å². The zero-order chi connectivity index (χ0) is 19.4. The monoisotopic (exact) mass is 398 g/mol. The molecular formula is C20H22N4OS2. The Morgan fingerprint density at radius 3 is 2.67 bits per heavy atom. The smallest absolute Gasteiger partial charge is 0.257 e. The van der Waals surface area contributed by atoms with Gasteiger partial charge in [0.1, 0.15) is 11.6 Å². The molecule has 1 amide bonds. The van der Waals surface area contributed by atoms with E-state index in [-0.39, 0.29) is 11.8 Å². The summed E-state index contributed by atoms with van der Waals surface area (Å²) in [5, 5.41) is 6.03. The quantitative estimate of drug-likeness (QED) is 0.577. The first-order valence-electron chi connectivity index (χ1n) is 8.72. The lowest BCUT2D eigenvalue weighted by Crippen LogP contribution is -2.15. The molecule has 0 saturated carbocycles. The SMILES string of the molecule is Cc1cc(NC(=O)c2ccccc2SCc2csc(C)n2)nc(C(C)C)n1. The molecule has 0 bridgehead atoms. The molecule has 3 aromatic rings. The van der Waals surface area contributed by atoms with E-state index in [0.29, 0.717) is 11.4 Å². The van der Waals surface area contributed by atoms with Crippen molar-refractivity contribution in [2.45, 2.75) is 44.3 Å². The Kier molecular flexibility index (Phi) is 6.23. The average molecular weight is 399 g/mol. The molecule has 0 radical (unpaired) electrons. The van der Waals surface area contributed by atoms with Gasteiger partial charge in [-0.15, -0.1) is 23.1 Å². The van der Waals surface area contributed by atoms with Crippen molar-refractivity contribution >= 4 is 34.8 Å². The molecule has 0 atom stereocenters. The van der Waals surface area contributed by atoms with E-state index in [9.17, 15) is 4.79 Å². The fraction of sp³-hybridized carbons (Fsp3) is 0.300. The molecule has 1 N–H and O–H groups in total. The van der Waals surface area contributed by atoms with Crippen molar-refractivity contribution in [2.75, 3.05) is 5.32 Å². The number of aryl methyl sites for hydroxylation is 2. The normalized spacial score (nSPS) is 11.0. The fourth-order valence-corrected chi connectivity index (χ4v) is 4.16. The first kappa shape index (κ1) is 19.5. The van der Waals surface area contributed by atoms with Gasteiger partial charge in [0.15, 0.2) is 0 Å². The van der Waals surface area contributed by atoms with Gasteiger partial charge in [0.05, 0.1) is 16.3 Å². The van der Waals surface area contributed by atoms with Crippen LogP contribution in [0.3, 0.4) is 0 Å². The number of thiazole rings is 1. The molecule has 0 spiro atoms. The number of hydrogen-bond acceptors (Lipinski definition) is 6. The number of nitrogens with zero attached hydrogens (tertiary/aromatic N) is 3. The zero-order valence-corrected chi connectivity index (χ0v) is 17.4. The van der Waals surface area contributed by atoms with Crippen molar-refractivity contribution in [1.29, 1.82) is 0 Å². The molecule has 0 aliphatic carbocycles. The van der Waals surface area contributed by atoms with Crippen LogP contribution in [0.15, 0.2) is 40.6 Å². The molecule has 2 aromatic heterocycles. The van der Waals surface area contributed by atoms with Crippen LogP contribution < -0.4 is 5.32 Å². The van der Waals surface area contributed by atoms with E-state index in [4.69, 9.17) is 0 Å². The molecule has 1 aromatic carbocycles. The molecule has 5 nitrogen and oxygen atoms in total. The standard InChI is InChI=1S/C20H22N4OS2/c1-12(2)19-21-13(3)9-18(23-19)24-20(25)16-7-5-6-8-17(16)27-11-15-10-26-14(4)22-15/h5-10,12H,11H2,1-4H3,(H,21,23,24,25). The Bertz CT molecular complexity index is 953. The second-order valence-electron chi connectivity index (χ2n) is 6.50. The van der Waals surface area contributed by atoms with E-state index in [1.54, 1.807) is 29.2 Å². The molecule has 27 heavy (non-hydrogen) atoms. The Hall–Kier alpha value is -2.25. The molecule has 2 heterocycles. The number of carbonyl (C=O) groups is 1. The minimum Gasteiger partial charge on any atom is -0.306 e. The second-order valence-corrected chi connectivity index (χ2v) is 8.58. The van der Waals surface area contributed by atoms with Crippen molar-refractivity contribution < 1.29 is 4.79 Å². The number of nitrogens with one attached hydrogen (secondary N) is 1. The third-order valence-electron chi connectivity index (χ3n) is 3.80. The van der Waals surface area contributed by atoms with Crippen molar-refractivity contribution in [1.82, 2.24) is 15.0 Å². The first-order chi connectivity index (χ1) is 12.9. The number of benzene rings is 1. The maximum Gasteiger partial charge on any atom is 0.257 e. The van der Waals surface area contributed by atoms with Crippen LogP contribution in [0.5, 0.6) is 0 Å². The summed E-state index contributed by atoms with van der Waals surface area (Å²) in [6.45, 7) is 7.97. The molecular weight excluding hydrogens is 376 g/mol. The summed E-state index contributed by atoms with van der Waals surface area (Å²) in [5.74, 6) is 2.03. The second kappa shape index (κ2) is 8.63. The van der Waals surface area contributed by atoms with Gasteiger partial charge in [-0.1, -0.05) is 26.0 Å². The largest absolute Gasteiger partial charge is 0.306 e. The van der Waals surface area contributed by atoms with E-state index in [0.717, 1.165) is 32.9 Å². The average Bonchev–Trinajstić information content (AvgIpc) is 3.05. The van der Waals surface area contributed by atoms with Crippen molar-refractivity contribution in [2.24, 2.45) is 0 Å². The summed E-state index contributed by atoms with van der Waals surface area (Å²) in [5.41, 5.74) is 2.51. The highest BCUT2D eigenvalue weighted by Crippen LogP contribution is 2.27. The fourth-order valence-electron chi connectivity index (χ4n) is 2.50. The molecule has 0 fully saturated rings. The number of amides is 1. The first-order valence-corrected chi connectivity index (χ1v) is 10.6. The lowest BCUT2D eigenvalue weighted by Gasteiger charge is -2.11. The van der Waals surface area contributed by atoms with Crippen LogP contribution in [-0.4, -0.2) is 20.9 Å². The molecule has 0 unspecified atom stereocenters. The number of thioether (sulfide) groups is 1. The molecule has 3 rings (SSSR count). The summed E-state index contributed by atoms with van der Waals surface area (Å²) in [6.07, 6.45) is 0. The third-order valence-corrected chi connectivity index (χ3v) is 5.73. The number of anilines is 1. The van der Waals surface area contributed by atoms with Crippen LogP contribution in [0.4, 0.5) is 5.82 Å². The predicted octanol–water partition coefficient (Wildman–Crippen LogP) is 5.22. The van der Waals surface area contributed by atoms with Crippen LogP contribution in [0.25, 0.3) is 0 Å². The van der Waals surface area contributed by atoms with E-state index in [1.165, 1.54) is 0 Å². The number of rotatable bonds is 6. The van der Waals surface area contributed by atoms with E-state index in [2.05, 4.69) is 25.6 Å². The van der Waals surface area contributed by atoms with Crippen molar-refractivity contribution in [3.8, 4) is 0 Å². The van der Waals surface area contributed by atoms with Crippen molar-refractivity contribution in [3.05, 3.63) is 63.5 Å². The van der Waals surface area contributed by atoms with E-state index < -0.39 is 0 Å². The highest BCUT2D eigenvalue weighted by atomic mass is 32.2. The van der Waals surface area contributed by atoms with Crippen LogP contribution in [0.2, 0.25) is 0 Å². The van der Waals surface area contributed by atoms with E-state index >= 15 is 0 Å². The van der Waals surface area contributed by atoms with Gasteiger partial charge >= 0.3 is 0 Å². The van der Waals surface area contributed by atoms with Gasteiger partial charge < -0.3 is 5.32 Å². The minimum atomic E-state index is -0.166. The maximum atomic E-state index is 12.8. The molecule has 0 aliphatic rings. The van der Waals surface area contributed by atoms with Crippen LogP contribution >= 0.6 is 23.1 Å². The van der Waals surface area contributed by atoms with E-state index in [1.807, 2.05) is 52.0 Å². The highest BCUT2D eigenvalue weighted by Gasteiger charge is 2.14. The van der Waals surface area contributed by atoms with Crippen LogP contribution in [0.1, 0.15) is 52.3 Å².